The SMILES string of the molecule is CC(NC(=O)CSc1ccc(C(C)(C)C)cc1)c1nc(-c2ccc(F)cc2)no1. The number of benzene rings is 2. The summed E-state index contributed by atoms with van der Waals surface area (Å²) < 4.78 is 18.3. The van der Waals surface area contributed by atoms with Crippen molar-refractivity contribution in [2.24, 2.45) is 0 Å². The molecule has 5 nitrogen and oxygen atoms in total. The molecule has 0 aliphatic rings. The van der Waals surface area contributed by atoms with E-state index < -0.39 is 6.04 Å². The van der Waals surface area contributed by atoms with Crippen molar-refractivity contribution in [1.82, 2.24) is 15.5 Å². The average molecular weight is 414 g/mol. The highest BCUT2D eigenvalue weighted by atomic mass is 32.2. The summed E-state index contributed by atoms with van der Waals surface area (Å²) in [5.41, 5.74) is 2.01. The zero-order chi connectivity index (χ0) is 21.0. The van der Waals surface area contributed by atoms with Crippen molar-refractivity contribution in [3.8, 4) is 11.4 Å². The van der Waals surface area contributed by atoms with Gasteiger partial charge in [0.2, 0.25) is 17.6 Å². The molecule has 0 bridgehead atoms. The summed E-state index contributed by atoms with van der Waals surface area (Å²) in [4.78, 5) is 17.6. The molecule has 1 unspecified atom stereocenters. The van der Waals surface area contributed by atoms with Crippen molar-refractivity contribution < 1.29 is 13.7 Å². The fourth-order valence-corrected chi connectivity index (χ4v) is 3.38. The van der Waals surface area contributed by atoms with Crippen LogP contribution >= 0.6 is 11.8 Å². The molecular formula is C22H24FN3O2S. The second-order valence-corrected chi connectivity index (χ2v) is 8.86. The van der Waals surface area contributed by atoms with Gasteiger partial charge < -0.3 is 9.84 Å². The van der Waals surface area contributed by atoms with Gasteiger partial charge in [0.05, 0.1) is 5.75 Å². The molecule has 1 N–H and O–H groups in total. The number of nitrogens with one attached hydrogen (secondary N) is 1. The first-order valence-electron chi connectivity index (χ1n) is 9.34. The molecule has 0 aliphatic carbocycles. The summed E-state index contributed by atoms with van der Waals surface area (Å²) in [6, 6.07) is 13.7. The van der Waals surface area contributed by atoms with Crippen LogP contribution in [0, 0.1) is 5.82 Å². The van der Waals surface area contributed by atoms with Gasteiger partial charge in [0, 0.05) is 10.5 Å². The Balaban J connectivity index is 1.53. The van der Waals surface area contributed by atoms with E-state index in [1.807, 2.05) is 12.1 Å². The van der Waals surface area contributed by atoms with Gasteiger partial charge in [-0.05, 0) is 54.3 Å². The van der Waals surface area contributed by atoms with Crippen LogP contribution in [0.2, 0.25) is 0 Å². The van der Waals surface area contributed by atoms with Gasteiger partial charge in [-0.15, -0.1) is 11.8 Å². The first-order valence-corrected chi connectivity index (χ1v) is 10.3. The quantitative estimate of drug-likeness (QED) is 0.567. The minimum absolute atomic E-state index is 0.104. The lowest BCUT2D eigenvalue weighted by atomic mass is 9.87. The van der Waals surface area contributed by atoms with Gasteiger partial charge in [0.1, 0.15) is 11.9 Å². The zero-order valence-corrected chi connectivity index (χ0v) is 17.7. The molecule has 1 heterocycles. The van der Waals surface area contributed by atoms with Crippen LogP contribution in [0.4, 0.5) is 4.39 Å². The third-order valence-electron chi connectivity index (χ3n) is 4.38. The van der Waals surface area contributed by atoms with Crippen LogP contribution in [0.3, 0.4) is 0 Å². The highest BCUT2D eigenvalue weighted by molar-refractivity contribution is 8.00. The Morgan fingerprint density at radius 3 is 2.41 bits per heavy atom. The van der Waals surface area contributed by atoms with E-state index in [4.69, 9.17) is 4.52 Å². The molecule has 152 valence electrons. The number of hydrogen-bond acceptors (Lipinski definition) is 5. The molecule has 1 atom stereocenters. The Bertz CT molecular complexity index is 963. The normalized spacial score (nSPS) is 12.6. The van der Waals surface area contributed by atoms with Crippen LogP contribution in [0.5, 0.6) is 0 Å². The van der Waals surface area contributed by atoms with Crippen molar-refractivity contribution in [2.45, 2.75) is 44.0 Å². The van der Waals surface area contributed by atoms with Crippen LogP contribution in [0.25, 0.3) is 11.4 Å². The molecule has 0 radical (unpaired) electrons. The summed E-state index contributed by atoms with van der Waals surface area (Å²) in [5.74, 6) is 0.497. The molecule has 0 saturated heterocycles. The second kappa shape index (κ2) is 8.78. The Labute approximate surface area is 174 Å². The molecule has 0 aliphatic heterocycles. The van der Waals surface area contributed by atoms with E-state index in [0.29, 0.717) is 17.3 Å². The van der Waals surface area contributed by atoms with Crippen LogP contribution in [0.1, 0.15) is 45.2 Å². The van der Waals surface area contributed by atoms with Crippen molar-refractivity contribution in [1.29, 1.82) is 0 Å². The van der Waals surface area contributed by atoms with Crippen LogP contribution in [-0.2, 0) is 10.2 Å². The fourth-order valence-electron chi connectivity index (χ4n) is 2.67. The summed E-state index contributed by atoms with van der Waals surface area (Å²) >= 11 is 1.47. The first kappa shape index (κ1) is 21.0. The summed E-state index contributed by atoms with van der Waals surface area (Å²) in [6.07, 6.45) is 0. The molecule has 29 heavy (non-hydrogen) atoms. The maximum absolute atomic E-state index is 13.0. The number of amides is 1. The van der Waals surface area contributed by atoms with E-state index in [-0.39, 0.29) is 22.9 Å². The van der Waals surface area contributed by atoms with E-state index in [2.05, 4.69) is 48.4 Å². The number of halogens is 1. The van der Waals surface area contributed by atoms with Gasteiger partial charge in [-0.3, -0.25) is 4.79 Å². The molecule has 1 amide bonds. The average Bonchev–Trinajstić information content (AvgIpc) is 3.17. The molecule has 3 aromatic rings. The predicted octanol–water partition coefficient (Wildman–Crippen LogP) is 5.14. The fraction of sp³-hybridized carbons (Fsp3) is 0.318. The lowest BCUT2D eigenvalue weighted by Crippen LogP contribution is -2.28. The number of carbonyl (C=O) groups excluding carboxylic acids is 1. The van der Waals surface area contributed by atoms with E-state index in [0.717, 1.165) is 4.90 Å². The van der Waals surface area contributed by atoms with Crippen LogP contribution in [-0.4, -0.2) is 21.8 Å². The Hall–Kier alpha value is -2.67. The summed E-state index contributed by atoms with van der Waals surface area (Å²) in [5, 5.41) is 6.76. The van der Waals surface area contributed by atoms with Crippen molar-refractivity contribution in [3.63, 3.8) is 0 Å². The van der Waals surface area contributed by atoms with Gasteiger partial charge in [0.15, 0.2) is 0 Å². The number of hydrogen-bond donors (Lipinski definition) is 1. The van der Waals surface area contributed by atoms with Crippen molar-refractivity contribution in [3.05, 3.63) is 65.8 Å². The maximum Gasteiger partial charge on any atom is 0.249 e. The Morgan fingerprint density at radius 2 is 1.79 bits per heavy atom. The molecule has 7 heteroatoms. The van der Waals surface area contributed by atoms with E-state index >= 15 is 0 Å². The number of aromatic nitrogens is 2. The minimum Gasteiger partial charge on any atom is -0.344 e. The summed E-state index contributed by atoms with van der Waals surface area (Å²) in [7, 11) is 0. The smallest absolute Gasteiger partial charge is 0.249 e. The number of carbonyl (C=O) groups is 1. The van der Waals surface area contributed by atoms with Gasteiger partial charge >= 0.3 is 0 Å². The van der Waals surface area contributed by atoms with E-state index in [9.17, 15) is 9.18 Å². The lowest BCUT2D eigenvalue weighted by Gasteiger charge is -2.19. The van der Waals surface area contributed by atoms with Crippen molar-refractivity contribution in [2.75, 3.05) is 5.75 Å². The summed E-state index contributed by atoms with van der Waals surface area (Å²) in [6.45, 7) is 8.29. The standard InChI is InChI=1S/C22H24FN3O2S/c1-14(21-25-20(26-28-21)15-5-9-17(23)10-6-15)24-19(27)13-29-18-11-7-16(8-12-18)22(2,3)4/h5-12,14H,13H2,1-4H3,(H,24,27). The van der Waals surface area contributed by atoms with Gasteiger partial charge in [-0.1, -0.05) is 38.1 Å². The van der Waals surface area contributed by atoms with Gasteiger partial charge in [0.25, 0.3) is 0 Å². The van der Waals surface area contributed by atoms with E-state index in [1.54, 1.807) is 19.1 Å². The molecule has 0 spiro atoms. The zero-order valence-electron chi connectivity index (χ0n) is 16.9. The third-order valence-corrected chi connectivity index (χ3v) is 5.39. The number of nitrogens with zero attached hydrogens (tertiary/aromatic N) is 2. The van der Waals surface area contributed by atoms with Crippen LogP contribution < -0.4 is 5.32 Å². The van der Waals surface area contributed by atoms with Crippen LogP contribution in [0.15, 0.2) is 57.9 Å². The molecule has 0 fully saturated rings. The highest BCUT2D eigenvalue weighted by Crippen LogP contribution is 2.26. The topological polar surface area (TPSA) is 68.0 Å². The monoisotopic (exact) mass is 413 g/mol. The Morgan fingerprint density at radius 1 is 1.14 bits per heavy atom. The minimum atomic E-state index is -0.423. The van der Waals surface area contributed by atoms with Gasteiger partial charge in [-0.25, -0.2) is 4.39 Å². The number of thioether (sulfide) groups is 1. The molecule has 2 aromatic carbocycles. The third kappa shape index (κ3) is 5.67. The number of rotatable bonds is 6. The predicted molar refractivity (Wildman–Crippen MR) is 112 cm³/mol. The molecule has 0 saturated carbocycles. The lowest BCUT2D eigenvalue weighted by molar-refractivity contribution is -0.119. The Kier molecular flexibility index (Phi) is 6.37. The second-order valence-electron chi connectivity index (χ2n) is 7.82. The molecule has 3 rings (SSSR count). The van der Waals surface area contributed by atoms with Crippen molar-refractivity contribution >= 4 is 17.7 Å². The highest BCUT2D eigenvalue weighted by Gasteiger charge is 2.18. The largest absolute Gasteiger partial charge is 0.344 e. The molecule has 1 aromatic heterocycles. The van der Waals surface area contributed by atoms with E-state index in [1.165, 1.54) is 29.5 Å². The van der Waals surface area contributed by atoms with Gasteiger partial charge in [-0.2, -0.15) is 4.98 Å². The first-order chi connectivity index (χ1) is 13.7. The maximum atomic E-state index is 13.0. The molecular weight excluding hydrogens is 389 g/mol.